The van der Waals surface area contributed by atoms with Crippen molar-refractivity contribution < 1.29 is 51.0 Å². The van der Waals surface area contributed by atoms with Crippen molar-refractivity contribution >= 4 is 31.1 Å². The second kappa shape index (κ2) is 16.2. The molecule has 0 unspecified atom stereocenters. The Morgan fingerprint density at radius 2 is 1.00 bits per heavy atom. The van der Waals surface area contributed by atoms with Gasteiger partial charge in [-0.15, -0.1) is 82.2 Å². The minimum absolute atomic E-state index is 0. The smallest absolute Gasteiger partial charge is 1.00 e. The van der Waals surface area contributed by atoms with E-state index < -0.39 is 0 Å². The van der Waals surface area contributed by atoms with Crippen molar-refractivity contribution in [2.24, 2.45) is 0 Å². The molecule has 28 heavy (non-hydrogen) atoms. The average molecular weight is 507 g/mol. The van der Waals surface area contributed by atoms with Crippen molar-refractivity contribution in [3.05, 3.63) is 83.9 Å². The van der Waals surface area contributed by atoms with E-state index in [1.807, 2.05) is 0 Å². The molecule has 0 fully saturated rings. The fraction of sp³-hybridized carbons (Fsp3) is 0.250. The van der Waals surface area contributed by atoms with Crippen LogP contribution < -0.4 is 24.8 Å². The summed E-state index contributed by atoms with van der Waals surface area (Å²) in [5.41, 5.74) is 2.92. The van der Waals surface area contributed by atoms with Gasteiger partial charge in [-0.2, -0.15) is 11.1 Å². The molecule has 0 spiro atoms. The van der Waals surface area contributed by atoms with E-state index in [0.717, 1.165) is 22.4 Å². The molecule has 0 heterocycles. The summed E-state index contributed by atoms with van der Waals surface area (Å²) in [6, 6.07) is 25.9. The normalized spacial score (nSPS) is 9.00. The van der Waals surface area contributed by atoms with Gasteiger partial charge in [0.15, 0.2) is 0 Å². The fourth-order valence-electron chi connectivity index (χ4n) is 3.05. The first-order valence-corrected chi connectivity index (χ1v) is 11.1. The van der Waals surface area contributed by atoms with Gasteiger partial charge < -0.3 is 24.8 Å². The SMILES string of the molecule is CCc1c[cH-]c2ccccc12.CCc1c[cH-]c2ccccc12.C[Si]C.[Cl-].[Cl-].[Zr+4]. The molecule has 0 saturated carbocycles. The van der Waals surface area contributed by atoms with Crippen LogP contribution in [0.2, 0.25) is 13.1 Å². The van der Waals surface area contributed by atoms with Crippen molar-refractivity contribution in [1.82, 2.24) is 0 Å². The maximum atomic E-state index is 2.21. The molecule has 4 aromatic rings. The Labute approximate surface area is 204 Å². The fourth-order valence-corrected chi connectivity index (χ4v) is 3.05. The number of rotatable bonds is 2. The molecule has 2 radical (unpaired) electrons. The Hall–Kier alpha value is -0.660. The molecule has 4 aromatic carbocycles. The van der Waals surface area contributed by atoms with Gasteiger partial charge in [0.25, 0.3) is 0 Å². The number of aryl methyl sites for hydroxylation is 2. The molecule has 0 aliphatic carbocycles. The Kier molecular flexibility index (Phi) is 17.1. The third-order valence-electron chi connectivity index (χ3n) is 4.30. The predicted octanol–water partition coefficient (Wildman–Crippen LogP) is 1.03. The zero-order chi connectivity index (χ0) is 18.1. The standard InChI is InChI=1S/2C11H11.C2H6Si.2ClH.Zr/c2*1-2-9-7-8-10-5-3-4-6-11(9)10;1-3-2;;;/h2*3-8H,2H2,1H3;1-2H3;2*1H;/q2*-1;;;;+4/p-2. The number of benzene rings is 2. The summed E-state index contributed by atoms with van der Waals surface area (Å²) >= 11 is 0. The van der Waals surface area contributed by atoms with Gasteiger partial charge >= 0.3 is 26.2 Å². The van der Waals surface area contributed by atoms with Crippen LogP contribution in [0.15, 0.2) is 72.8 Å². The molecule has 0 N–H and O–H groups in total. The van der Waals surface area contributed by atoms with E-state index in [0.29, 0.717) is 0 Å². The van der Waals surface area contributed by atoms with Gasteiger partial charge in [0.05, 0.1) is 0 Å². The average Bonchev–Trinajstić information content (AvgIpc) is 3.26. The van der Waals surface area contributed by atoms with Gasteiger partial charge in [0, 0.05) is 9.52 Å². The molecule has 0 nitrogen and oxygen atoms in total. The van der Waals surface area contributed by atoms with Gasteiger partial charge in [0.2, 0.25) is 0 Å². The van der Waals surface area contributed by atoms with Crippen LogP contribution in [-0.4, -0.2) is 9.52 Å². The molecule has 0 aliphatic heterocycles. The zero-order valence-electron chi connectivity index (χ0n) is 17.1. The van der Waals surface area contributed by atoms with Gasteiger partial charge in [-0.1, -0.05) is 51.9 Å². The minimum Gasteiger partial charge on any atom is -1.00 e. The first kappa shape index (κ1) is 29.5. The third kappa shape index (κ3) is 7.99. The van der Waals surface area contributed by atoms with E-state index in [2.05, 4.69) is 99.7 Å². The molecule has 0 aliphatic rings. The van der Waals surface area contributed by atoms with Gasteiger partial charge in [-0.3, -0.25) is 0 Å². The van der Waals surface area contributed by atoms with Crippen LogP contribution in [0.1, 0.15) is 25.0 Å². The summed E-state index contributed by atoms with van der Waals surface area (Å²) in [5.74, 6) is 0. The van der Waals surface area contributed by atoms with Crippen molar-refractivity contribution in [3.8, 4) is 0 Å². The topological polar surface area (TPSA) is 0 Å². The molecule has 0 aromatic heterocycles. The Morgan fingerprint density at radius 1 is 0.679 bits per heavy atom. The molecule has 0 saturated heterocycles. The Morgan fingerprint density at radius 3 is 1.32 bits per heavy atom. The third-order valence-corrected chi connectivity index (χ3v) is 4.30. The maximum Gasteiger partial charge on any atom is 4.00 e. The van der Waals surface area contributed by atoms with Gasteiger partial charge in [-0.05, 0) is 0 Å². The van der Waals surface area contributed by atoms with Crippen LogP contribution in [0.25, 0.3) is 21.5 Å². The monoisotopic (exact) mass is 504 g/mol. The summed E-state index contributed by atoms with van der Waals surface area (Å²) in [4.78, 5) is 0. The van der Waals surface area contributed by atoms with Crippen LogP contribution >= 0.6 is 0 Å². The molecule has 4 rings (SSSR count). The largest absolute Gasteiger partial charge is 4.00 e. The first-order chi connectivity index (χ1) is 12.2. The van der Waals surface area contributed by atoms with E-state index in [4.69, 9.17) is 0 Å². The molecule has 146 valence electrons. The predicted molar refractivity (Wildman–Crippen MR) is 115 cm³/mol. The van der Waals surface area contributed by atoms with Gasteiger partial charge in [-0.25, -0.2) is 0 Å². The summed E-state index contributed by atoms with van der Waals surface area (Å²) in [5, 5.41) is 5.55. The maximum absolute atomic E-state index is 2.21. The summed E-state index contributed by atoms with van der Waals surface area (Å²) < 4.78 is 0. The quantitative estimate of drug-likeness (QED) is 0.282. The van der Waals surface area contributed by atoms with Crippen molar-refractivity contribution in [2.45, 2.75) is 39.8 Å². The number of fused-ring (bicyclic) bond motifs is 2. The molecular weight excluding hydrogens is 478 g/mol. The Bertz CT molecular complexity index is 822. The second-order valence-electron chi connectivity index (χ2n) is 6.10. The van der Waals surface area contributed by atoms with E-state index in [1.54, 1.807) is 0 Å². The zero-order valence-corrected chi connectivity index (χ0v) is 22.1. The van der Waals surface area contributed by atoms with Crippen LogP contribution in [0.3, 0.4) is 0 Å². The van der Waals surface area contributed by atoms with Crippen LogP contribution in [-0.2, 0) is 39.0 Å². The van der Waals surface area contributed by atoms with Crippen LogP contribution in [0.5, 0.6) is 0 Å². The van der Waals surface area contributed by atoms with E-state index in [-0.39, 0.29) is 51.0 Å². The summed E-state index contributed by atoms with van der Waals surface area (Å²) in [6.07, 6.45) is 2.26. The van der Waals surface area contributed by atoms with Gasteiger partial charge in [0.1, 0.15) is 0 Å². The van der Waals surface area contributed by atoms with Crippen molar-refractivity contribution in [1.29, 1.82) is 0 Å². The number of hydrogen-bond acceptors (Lipinski definition) is 0. The van der Waals surface area contributed by atoms with Crippen LogP contribution in [0.4, 0.5) is 0 Å². The number of halogens is 2. The molecule has 0 amide bonds. The summed E-state index contributed by atoms with van der Waals surface area (Å²) in [6.45, 7) is 8.70. The van der Waals surface area contributed by atoms with E-state index in [9.17, 15) is 0 Å². The van der Waals surface area contributed by atoms with E-state index >= 15 is 0 Å². The Balaban J connectivity index is 0. The molecule has 4 heteroatoms. The molecule has 0 bridgehead atoms. The van der Waals surface area contributed by atoms with Crippen LogP contribution in [0, 0.1) is 0 Å². The number of hydrogen-bond donors (Lipinski definition) is 0. The molecular formula is C24H28Cl2SiZr. The van der Waals surface area contributed by atoms with Crippen molar-refractivity contribution in [3.63, 3.8) is 0 Å². The molecule has 0 atom stereocenters. The minimum atomic E-state index is 0. The first-order valence-electron chi connectivity index (χ1n) is 9.10. The van der Waals surface area contributed by atoms with E-state index in [1.165, 1.54) is 32.7 Å². The summed E-state index contributed by atoms with van der Waals surface area (Å²) in [7, 11) is 1.08. The van der Waals surface area contributed by atoms with Crippen molar-refractivity contribution in [2.75, 3.05) is 0 Å². The second-order valence-corrected chi connectivity index (χ2v) is 7.10.